The second kappa shape index (κ2) is 8.29. The summed E-state index contributed by atoms with van der Waals surface area (Å²) in [5.41, 5.74) is 1.60. The zero-order valence-electron chi connectivity index (χ0n) is 13.3. The van der Waals surface area contributed by atoms with Gasteiger partial charge in [0.2, 0.25) is 0 Å². The number of benzene rings is 1. The van der Waals surface area contributed by atoms with Gasteiger partial charge in [0.15, 0.2) is 0 Å². The molecule has 0 aliphatic rings. The van der Waals surface area contributed by atoms with E-state index >= 15 is 0 Å². The first kappa shape index (κ1) is 17.0. The molecule has 0 atom stereocenters. The summed E-state index contributed by atoms with van der Waals surface area (Å²) < 4.78 is 0. The van der Waals surface area contributed by atoms with Crippen LogP contribution in [0.4, 0.5) is 11.4 Å². The maximum absolute atomic E-state index is 12.1. The molecular weight excluding hydrogens is 266 g/mol. The number of hydrogen-bond acceptors (Lipinski definition) is 3. The van der Waals surface area contributed by atoms with Gasteiger partial charge in [-0.1, -0.05) is 19.9 Å². The van der Waals surface area contributed by atoms with Crippen molar-refractivity contribution >= 4 is 23.2 Å². The first-order chi connectivity index (χ1) is 9.99. The highest BCUT2D eigenvalue weighted by Gasteiger charge is 2.20. The molecule has 0 aliphatic heterocycles. The summed E-state index contributed by atoms with van der Waals surface area (Å²) in [5, 5.41) is 2.68. The van der Waals surface area contributed by atoms with E-state index in [9.17, 15) is 9.59 Å². The highest BCUT2D eigenvalue weighted by Crippen LogP contribution is 2.17. The molecule has 0 fully saturated rings. The number of hydrogen-bond donors (Lipinski definition) is 1. The number of nitrogens with one attached hydrogen (secondary N) is 1. The van der Waals surface area contributed by atoms with Crippen molar-refractivity contribution < 1.29 is 9.59 Å². The van der Waals surface area contributed by atoms with Crippen molar-refractivity contribution in [3.05, 3.63) is 24.3 Å². The van der Waals surface area contributed by atoms with Gasteiger partial charge in [-0.3, -0.25) is 9.59 Å². The van der Waals surface area contributed by atoms with Crippen LogP contribution in [0.25, 0.3) is 0 Å². The Hall–Kier alpha value is -2.04. The molecule has 0 saturated heterocycles. The molecule has 2 amide bonds. The Morgan fingerprint density at radius 2 is 1.71 bits per heavy atom. The first-order valence-corrected chi connectivity index (χ1v) is 7.37. The van der Waals surface area contributed by atoms with Gasteiger partial charge in [-0.2, -0.15) is 0 Å². The summed E-state index contributed by atoms with van der Waals surface area (Å²) in [6.45, 7) is 5.21. The van der Waals surface area contributed by atoms with Crippen LogP contribution in [0.5, 0.6) is 0 Å². The summed E-state index contributed by atoms with van der Waals surface area (Å²) in [6, 6.07) is 7.42. The normalized spacial score (nSPS) is 10.1. The lowest BCUT2D eigenvalue weighted by molar-refractivity contribution is -0.143. The summed E-state index contributed by atoms with van der Waals surface area (Å²) in [4.78, 5) is 27.8. The zero-order valence-corrected chi connectivity index (χ0v) is 13.3. The van der Waals surface area contributed by atoms with E-state index in [2.05, 4.69) is 5.32 Å². The van der Waals surface area contributed by atoms with Crippen molar-refractivity contribution in [1.82, 2.24) is 4.90 Å². The van der Waals surface area contributed by atoms with Crippen LogP contribution in [0.2, 0.25) is 0 Å². The van der Waals surface area contributed by atoms with Crippen LogP contribution in [-0.4, -0.2) is 43.9 Å². The Balaban J connectivity index is 2.75. The molecule has 0 aliphatic carbocycles. The third-order valence-electron chi connectivity index (χ3n) is 3.09. The summed E-state index contributed by atoms with van der Waals surface area (Å²) in [6.07, 6.45) is 1.68. The number of anilines is 2. The smallest absolute Gasteiger partial charge is 0.313 e. The molecule has 1 aromatic carbocycles. The molecule has 116 valence electrons. The molecule has 0 unspecified atom stereocenters. The Morgan fingerprint density at radius 1 is 1.10 bits per heavy atom. The molecule has 0 heterocycles. The first-order valence-electron chi connectivity index (χ1n) is 7.37. The van der Waals surface area contributed by atoms with Crippen LogP contribution < -0.4 is 10.2 Å². The van der Waals surface area contributed by atoms with Crippen LogP contribution in [0.1, 0.15) is 26.7 Å². The number of carbonyl (C=O) groups is 2. The van der Waals surface area contributed by atoms with E-state index in [1.54, 1.807) is 11.0 Å². The zero-order chi connectivity index (χ0) is 15.8. The van der Waals surface area contributed by atoms with Gasteiger partial charge in [-0.15, -0.1) is 0 Å². The lowest BCUT2D eigenvalue weighted by Crippen LogP contribution is -2.40. The molecule has 1 rings (SSSR count). The van der Waals surface area contributed by atoms with Gasteiger partial charge in [0, 0.05) is 38.6 Å². The van der Waals surface area contributed by atoms with Crippen LogP contribution in [0.3, 0.4) is 0 Å². The molecule has 1 N–H and O–H groups in total. The van der Waals surface area contributed by atoms with Crippen LogP contribution in [0.15, 0.2) is 24.3 Å². The minimum Gasteiger partial charge on any atom is -0.378 e. The summed E-state index contributed by atoms with van der Waals surface area (Å²) in [5.74, 6) is -1.04. The van der Waals surface area contributed by atoms with E-state index in [1.807, 2.05) is 51.0 Å². The molecular formula is C16H25N3O2. The Kier molecular flexibility index (Phi) is 6.72. The summed E-state index contributed by atoms with van der Waals surface area (Å²) in [7, 11) is 3.85. The average molecular weight is 291 g/mol. The highest BCUT2D eigenvalue weighted by atomic mass is 16.2. The fourth-order valence-corrected chi connectivity index (χ4v) is 2.04. The number of amides is 2. The number of nitrogens with zero attached hydrogens (tertiary/aromatic N) is 2. The largest absolute Gasteiger partial charge is 0.378 e. The van der Waals surface area contributed by atoms with Crippen molar-refractivity contribution in [1.29, 1.82) is 0 Å². The van der Waals surface area contributed by atoms with Crippen LogP contribution in [-0.2, 0) is 9.59 Å². The Bertz CT molecular complexity index is 480. The summed E-state index contributed by atoms with van der Waals surface area (Å²) >= 11 is 0. The van der Waals surface area contributed by atoms with Gasteiger partial charge in [-0.05, 0) is 31.0 Å². The third-order valence-corrected chi connectivity index (χ3v) is 3.09. The number of rotatable bonds is 6. The van der Waals surface area contributed by atoms with E-state index in [4.69, 9.17) is 0 Å². The molecule has 5 nitrogen and oxygen atoms in total. The van der Waals surface area contributed by atoms with Crippen LogP contribution >= 0.6 is 0 Å². The van der Waals surface area contributed by atoms with Gasteiger partial charge >= 0.3 is 11.8 Å². The van der Waals surface area contributed by atoms with Gasteiger partial charge in [-0.25, -0.2) is 0 Å². The van der Waals surface area contributed by atoms with E-state index in [-0.39, 0.29) is 0 Å². The number of carbonyl (C=O) groups excluding carboxylic acids is 2. The topological polar surface area (TPSA) is 52.7 Å². The third kappa shape index (κ3) is 5.10. The molecule has 0 bridgehead atoms. The van der Waals surface area contributed by atoms with Gasteiger partial charge in [0.25, 0.3) is 0 Å². The van der Waals surface area contributed by atoms with E-state index in [0.717, 1.165) is 18.5 Å². The maximum atomic E-state index is 12.1. The molecule has 21 heavy (non-hydrogen) atoms. The quantitative estimate of drug-likeness (QED) is 0.819. The fraction of sp³-hybridized carbons (Fsp3) is 0.500. The molecule has 5 heteroatoms. The Labute approximate surface area is 126 Å². The lowest BCUT2D eigenvalue weighted by atomic mass is 10.2. The van der Waals surface area contributed by atoms with E-state index < -0.39 is 11.8 Å². The highest BCUT2D eigenvalue weighted by molar-refractivity contribution is 6.39. The van der Waals surface area contributed by atoms with Crippen molar-refractivity contribution in [2.75, 3.05) is 37.4 Å². The predicted octanol–water partition coefficient (Wildman–Crippen LogP) is 2.34. The van der Waals surface area contributed by atoms with Gasteiger partial charge < -0.3 is 15.1 Å². The van der Waals surface area contributed by atoms with Crippen LogP contribution in [0, 0.1) is 0 Å². The minimum atomic E-state index is -0.576. The molecule has 1 aromatic rings. The minimum absolute atomic E-state index is 0.464. The average Bonchev–Trinajstić information content (AvgIpc) is 2.46. The molecule has 0 spiro atoms. The predicted molar refractivity (Wildman–Crippen MR) is 86.6 cm³/mol. The van der Waals surface area contributed by atoms with Crippen molar-refractivity contribution in [2.24, 2.45) is 0 Å². The van der Waals surface area contributed by atoms with E-state index in [0.29, 0.717) is 18.8 Å². The van der Waals surface area contributed by atoms with Gasteiger partial charge in [0.1, 0.15) is 0 Å². The molecule has 0 saturated carbocycles. The van der Waals surface area contributed by atoms with Gasteiger partial charge in [0.05, 0.1) is 0 Å². The SMILES string of the molecule is CCCN(CCC)C(=O)C(=O)Nc1cccc(N(C)C)c1. The van der Waals surface area contributed by atoms with Crippen molar-refractivity contribution in [3.8, 4) is 0 Å². The molecule has 0 radical (unpaired) electrons. The Morgan fingerprint density at radius 3 is 2.24 bits per heavy atom. The van der Waals surface area contributed by atoms with Crippen molar-refractivity contribution in [3.63, 3.8) is 0 Å². The standard InChI is InChI=1S/C16H25N3O2/c1-5-10-19(11-6-2)16(21)15(20)17-13-8-7-9-14(12-13)18(3)4/h7-9,12H,5-6,10-11H2,1-4H3,(H,17,20). The fourth-order valence-electron chi connectivity index (χ4n) is 2.04. The van der Waals surface area contributed by atoms with E-state index in [1.165, 1.54) is 0 Å². The monoisotopic (exact) mass is 291 g/mol. The molecule has 0 aromatic heterocycles. The second-order valence-electron chi connectivity index (χ2n) is 5.19. The van der Waals surface area contributed by atoms with Crippen molar-refractivity contribution in [2.45, 2.75) is 26.7 Å². The second-order valence-corrected chi connectivity index (χ2v) is 5.19. The lowest BCUT2D eigenvalue weighted by Gasteiger charge is -2.21. The maximum Gasteiger partial charge on any atom is 0.313 e.